The third-order valence-corrected chi connectivity index (χ3v) is 3.90. The molecule has 0 radical (unpaired) electrons. The fourth-order valence-corrected chi connectivity index (χ4v) is 2.68. The number of thioether (sulfide) groups is 1. The number of rotatable bonds is 7. The second-order valence-electron chi connectivity index (χ2n) is 4.78. The summed E-state index contributed by atoms with van der Waals surface area (Å²) in [5, 5.41) is 6.34. The van der Waals surface area contributed by atoms with Crippen LogP contribution < -0.4 is 10.6 Å². The number of carbonyl (C=O) groups is 1. The summed E-state index contributed by atoms with van der Waals surface area (Å²) in [6, 6.07) is 0.429. The zero-order valence-corrected chi connectivity index (χ0v) is 11.8. The molecule has 0 aromatic rings. The van der Waals surface area contributed by atoms with Gasteiger partial charge in [0.15, 0.2) is 0 Å². The molecule has 0 aliphatic heterocycles. The second kappa shape index (κ2) is 9.77. The molecule has 1 saturated carbocycles. The first-order chi connectivity index (χ1) is 8.33. The molecule has 1 aliphatic carbocycles. The number of amides is 1. The molecular formula is C13H26N2OS. The Morgan fingerprint density at radius 3 is 2.59 bits per heavy atom. The van der Waals surface area contributed by atoms with E-state index in [1.807, 2.05) is 11.8 Å². The largest absolute Gasteiger partial charge is 0.352 e. The summed E-state index contributed by atoms with van der Waals surface area (Å²) in [4.78, 5) is 11.7. The predicted octanol–water partition coefficient (Wildman–Crippen LogP) is 2.17. The number of hydrogen-bond donors (Lipinski definition) is 2. The van der Waals surface area contributed by atoms with Gasteiger partial charge in [-0.15, -0.1) is 0 Å². The normalized spacial score (nSPS) is 17.7. The van der Waals surface area contributed by atoms with Gasteiger partial charge in [-0.05, 0) is 37.8 Å². The van der Waals surface area contributed by atoms with Gasteiger partial charge in [-0.1, -0.05) is 25.7 Å². The molecule has 2 N–H and O–H groups in total. The van der Waals surface area contributed by atoms with Crippen LogP contribution in [0.1, 0.15) is 44.9 Å². The van der Waals surface area contributed by atoms with Gasteiger partial charge in [0.05, 0.1) is 6.54 Å². The number of nitrogens with one attached hydrogen (secondary N) is 2. The molecule has 0 saturated heterocycles. The fourth-order valence-electron chi connectivity index (χ4n) is 2.25. The molecule has 1 rings (SSSR count). The van der Waals surface area contributed by atoms with E-state index in [2.05, 4.69) is 16.9 Å². The summed E-state index contributed by atoms with van der Waals surface area (Å²) in [6.45, 7) is 1.42. The number of hydrogen-bond acceptors (Lipinski definition) is 3. The Hall–Kier alpha value is -0.220. The summed E-state index contributed by atoms with van der Waals surface area (Å²) in [5.74, 6) is 1.33. The molecule has 1 fully saturated rings. The van der Waals surface area contributed by atoms with Gasteiger partial charge >= 0.3 is 0 Å². The van der Waals surface area contributed by atoms with Crippen LogP contribution in [0.2, 0.25) is 0 Å². The van der Waals surface area contributed by atoms with Gasteiger partial charge in [0, 0.05) is 6.04 Å². The van der Waals surface area contributed by atoms with E-state index in [-0.39, 0.29) is 5.91 Å². The van der Waals surface area contributed by atoms with Crippen molar-refractivity contribution in [3.63, 3.8) is 0 Å². The summed E-state index contributed by atoms with van der Waals surface area (Å²) >= 11 is 1.85. The van der Waals surface area contributed by atoms with Gasteiger partial charge in [0.25, 0.3) is 0 Å². The highest BCUT2D eigenvalue weighted by atomic mass is 32.2. The maximum Gasteiger partial charge on any atom is 0.234 e. The van der Waals surface area contributed by atoms with E-state index in [4.69, 9.17) is 0 Å². The van der Waals surface area contributed by atoms with Crippen molar-refractivity contribution in [3.05, 3.63) is 0 Å². The molecule has 17 heavy (non-hydrogen) atoms. The van der Waals surface area contributed by atoms with E-state index >= 15 is 0 Å². The number of carbonyl (C=O) groups excluding carboxylic acids is 1. The Morgan fingerprint density at radius 2 is 1.94 bits per heavy atom. The molecule has 100 valence electrons. The average molecular weight is 258 g/mol. The van der Waals surface area contributed by atoms with Crippen molar-refractivity contribution >= 4 is 17.7 Å². The quantitative estimate of drug-likeness (QED) is 0.543. The highest BCUT2D eigenvalue weighted by Crippen LogP contribution is 2.16. The van der Waals surface area contributed by atoms with Crippen LogP contribution in [0, 0.1) is 0 Å². The van der Waals surface area contributed by atoms with E-state index < -0.39 is 0 Å². The van der Waals surface area contributed by atoms with Crippen LogP contribution >= 0.6 is 11.8 Å². The van der Waals surface area contributed by atoms with Crippen LogP contribution in [0.5, 0.6) is 0 Å². The minimum atomic E-state index is 0.168. The van der Waals surface area contributed by atoms with Gasteiger partial charge in [0.2, 0.25) is 5.91 Å². The zero-order chi connectivity index (χ0) is 12.3. The van der Waals surface area contributed by atoms with Crippen LogP contribution in [0.25, 0.3) is 0 Å². The molecule has 0 atom stereocenters. The SMILES string of the molecule is CSCCCNCC(=O)NC1CCCCCC1. The topological polar surface area (TPSA) is 41.1 Å². The van der Waals surface area contributed by atoms with Crippen molar-refractivity contribution in [2.45, 2.75) is 51.0 Å². The minimum absolute atomic E-state index is 0.168. The summed E-state index contributed by atoms with van der Waals surface area (Å²) in [5.41, 5.74) is 0. The minimum Gasteiger partial charge on any atom is -0.352 e. The monoisotopic (exact) mass is 258 g/mol. The van der Waals surface area contributed by atoms with Gasteiger partial charge < -0.3 is 10.6 Å². The van der Waals surface area contributed by atoms with Gasteiger partial charge in [-0.3, -0.25) is 4.79 Å². The Labute approximate surface area is 109 Å². The molecule has 1 aliphatic rings. The first-order valence-corrected chi connectivity index (χ1v) is 8.21. The van der Waals surface area contributed by atoms with Crippen molar-refractivity contribution in [3.8, 4) is 0 Å². The van der Waals surface area contributed by atoms with Crippen LogP contribution in [0.15, 0.2) is 0 Å². The fraction of sp³-hybridized carbons (Fsp3) is 0.923. The lowest BCUT2D eigenvalue weighted by molar-refractivity contribution is -0.121. The van der Waals surface area contributed by atoms with Crippen molar-refractivity contribution in [1.29, 1.82) is 0 Å². The van der Waals surface area contributed by atoms with E-state index in [0.717, 1.165) is 31.6 Å². The Kier molecular flexibility index (Phi) is 8.53. The van der Waals surface area contributed by atoms with E-state index in [0.29, 0.717) is 12.6 Å². The first-order valence-electron chi connectivity index (χ1n) is 6.82. The first kappa shape index (κ1) is 14.8. The van der Waals surface area contributed by atoms with Crippen molar-refractivity contribution < 1.29 is 4.79 Å². The zero-order valence-electron chi connectivity index (χ0n) is 11.0. The predicted molar refractivity (Wildman–Crippen MR) is 75.5 cm³/mol. The maximum absolute atomic E-state index is 11.7. The molecule has 0 heterocycles. The molecule has 4 heteroatoms. The lowest BCUT2D eigenvalue weighted by Crippen LogP contribution is -2.40. The van der Waals surface area contributed by atoms with Crippen LogP contribution in [0.3, 0.4) is 0 Å². The summed E-state index contributed by atoms with van der Waals surface area (Å²) < 4.78 is 0. The molecule has 0 aromatic heterocycles. The summed E-state index contributed by atoms with van der Waals surface area (Å²) in [7, 11) is 0. The molecule has 0 unspecified atom stereocenters. The van der Waals surface area contributed by atoms with Crippen LogP contribution in [-0.2, 0) is 4.79 Å². The molecule has 0 bridgehead atoms. The third-order valence-electron chi connectivity index (χ3n) is 3.21. The standard InChI is InChI=1S/C13H26N2OS/c1-17-10-6-9-14-11-13(16)15-12-7-4-2-3-5-8-12/h12,14H,2-11H2,1H3,(H,15,16). The molecule has 1 amide bonds. The summed E-state index contributed by atoms with van der Waals surface area (Å²) in [6.07, 6.45) is 10.8. The maximum atomic E-state index is 11.7. The Morgan fingerprint density at radius 1 is 1.24 bits per heavy atom. The van der Waals surface area contributed by atoms with E-state index in [9.17, 15) is 4.79 Å². The Balaban J connectivity index is 2.03. The Bertz CT molecular complexity index is 204. The lowest BCUT2D eigenvalue weighted by Gasteiger charge is -2.16. The van der Waals surface area contributed by atoms with Crippen molar-refractivity contribution in [2.75, 3.05) is 25.1 Å². The third kappa shape index (κ3) is 7.66. The molecule has 0 spiro atoms. The van der Waals surface area contributed by atoms with Crippen molar-refractivity contribution in [1.82, 2.24) is 10.6 Å². The average Bonchev–Trinajstić information content (AvgIpc) is 2.57. The van der Waals surface area contributed by atoms with E-state index in [1.165, 1.54) is 25.7 Å². The van der Waals surface area contributed by atoms with Gasteiger partial charge in [-0.25, -0.2) is 0 Å². The smallest absolute Gasteiger partial charge is 0.234 e. The van der Waals surface area contributed by atoms with Gasteiger partial charge in [0.1, 0.15) is 0 Å². The van der Waals surface area contributed by atoms with E-state index in [1.54, 1.807) is 0 Å². The lowest BCUT2D eigenvalue weighted by atomic mass is 10.1. The second-order valence-corrected chi connectivity index (χ2v) is 5.76. The van der Waals surface area contributed by atoms with Crippen molar-refractivity contribution in [2.24, 2.45) is 0 Å². The van der Waals surface area contributed by atoms with Gasteiger partial charge in [-0.2, -0.15) is 11.8 Å². The van der Waals surface area contributed by atoms with Crippen LogP contribution in [-0.4, -0.2) is 37.0 Å². The molecule has 3 nitrogen and oxygen atoms in total. The highest BCUT2D eigenvalue weighted by molar-refractivity contribution is 7.98. The molecule has 0 aromatic carbocycles. The van der Waals surface area contributed by atoms with Crippen LogP contribution in [0.4, 0.5) is 0 Å². The highest BCUT2D eigenvalue weighted by Gasteiger charge is 2.13. The molecular weight excluding hydrogens is 232 g/mol.